The summed E-state index contributed by atoms with van der Waals surface area (Å²) in [5, 5.41) is 38.1. The van der Waals surface area contributed by atoms with Gasteiger partial charge in [-0.2, -0.15) is 15.3 Å². The number of nitrogens with one attached hydrogen (secondary N) is 3. The molecule has 0 spiro atoms. The third-order valence-electron chi connectivity index (χ3n) is 23.8. The maximum absolute atomic E-state index is 12.8. The Morgan fingerprint density at radius 2 is 0.761 bits per heavy atom. The van der Waals surface area contributed by atoms with Crippen LogP contribution in [0.1, 0.15) is 55.7 Å². The fourth-order valence-corrected chi connectivity index (χ4v) is 17.7. The number of piperidine rings is 3. The molecule has 0 radical (unpaired) electrons. The lowest BCUT2D eigenvalue weighted by Gasteiger charge is -2.56. The molecule has 1 aliphatic carbocycles. The lowest BCUT2D eigenvalue weighted by Crippen LogP contribution is -2.68. The van der Waals surface area contributed by atoms with Gasteiger partial charge in [0.05, 0.1) is 104 Å². The van der Waals surface area contributed by atoms with Gasteiger partial charge in [-0.05, 0) is 116 Å². The summed E-state index contributed by atoms with van der Waals surface area (Å²) in [6.45, 7) is 12.5. The second-order valence-electron chi connectivity index (χ2n) is 31.1. The van der Waals surface area contributed by atoms with Crippen LogP contribution in [0.4, 0.5) is 21.8 Å². The zero-order chi connectivity index (χ0) is 78.6. The van der Waals surface area contributed by atoms with Crippen LogP contribution >= 0.6 is 0 Å². The summed E-state index contributed by atoms with van der Waals surface area (Å²) in [5.41, 5.74) is 14.6. The minimum Gasteiger partial charge on any atom is -0.492 e. The van der Waals surface area contributed by atoms with E-state index in [2.05, 4.69) is 152 Å². The molecule has 6 unspecified atom stereocenters. The molecule has 25 rings (SSSR count). The first-order chi connectivity index (χ1) is 57.6. The third-order valence-corrected chi connectivity index (χ3v) is 23.8. The minimum absolute atomic E-state index is 0.00782. The molecule has 10 aliphatic rings. The second kappa shape index (κ2) is 31.5. The van der Waals surface area contributed by atoms with Gasteiger partial charge in [0.15, 0.2) is 16.9 Å². The fraction of sp³-hybridized carbons (Fsp3) is 0.365. The number of fused-ring (bicyclic) bond motifs is 15. The summed E-state index contributed by atoms with van der Waals surface area (Å²) in [4.78, 5) is 42.6. The standard InChI is InChI=1S/C31H34N8O3.C27H27FN8O2.C27H28N8O2/c1-40-29-7-4-21(12-33-29)15-38-23-10-24(38)17-37(16-23)28-6-5-22(13-32-28)26-11-25(42-9-8-41-19-20-2-3-20)18-39-30(26)27-14-34-35-31(27)36-39;1-37-25-5-2-17(10-30-25)13-35-19-8-20(35)15-34(14-19)24-4-3-18(11-29-24)22-9-21(38-7-6-28)16-36-26(22)23-12-31-32-27(23)33-36;1-3-37-21-9-22(26-23-12-30-31-27(23)32-35(26)16-21)18-5-6-24(28-11-18)33-14-19-8-20(15-33)34(19)13-17-4-7-25(36-2)29-10-17/h4-7,11-14,18,20,23-24H,2-3,8-10,15-17,19H2,1H3,(H,35,36);2-5,9-12,16,19-20H,6-8,13-15H2,1H3,(H,32,33);4-7,9-12,16,19-20H,3,8,13-15H2,1-2H3,(H,31,32). The number of hydrogen-bond donors (Lipinski definition) is 3. The van der Waals surface area contributed by atoms with Crippen LogP contribution in [0, 0.1) is 5.92 Å². The maximum atomic E-state index is 12.8. The fourth-order valence-electron chi connectivity index (χ4n) is 17.7. The van der Waals surface area contributed by atoms with E-state index in [1.165, 1.54) is 48.8 Å². The van der Waals surface area contributed by atoms with E-state index in [-0.39, 0.29) is 6.61 Å². The predicted molar refractivity (Wildman–Crippen MR) is 438 cm³/mol. The Morgan fingerprint density at radius 1 is 0.402 bits per heavy atom. The first-order valence-corrected chi connectivity index (χ1v) is 40.1. The average molecular weight is 1580 g/mol. The number of piperazine rings is 3. The van der Waals surface area contributed by atoms with E-state index in [4.69, 9.17) is 53.2 Å². The number of alkyl halides is 1. The molecule has 3 N–H and O–H groups in total. The number of rotatable bonds is 26. The number of aromatic amines is 3. The zero-order valence-corrected chi connectivity index (χ0v) is 65.4. The minimum atomic E-state index is -0.556. The van der Waals surface area contributed by atoms with Gasteiger partial charge in [0.25, 0.3) is 0 Å². The van der Waals surface area contributed by atoms with Gasteiger partial charge in [-0.15, -0.1) is 15.3 Å². The number of methoxy groups -OCH3 is 3. The van der Waals surface area contributed by atoms with Crippen molar-refractivity contribution in [3.8, 4) is 68.3 Å². The van der Waals surface area contributed by atoms with Crippen molar-refractivity contribution in [3.63, 3.8) is 0 Å². The zero-order valence-electron chi connectivity index (χ0n) is 65.4. The Balaban J connectivity index is 0.000000113. The Kier molecular flexibility index (Phi) is 19.7. The SMILES string of the molecule is CCOc1cc(-c2ccc(N3CC4CC(C3)N4Cc3ccc(OC)nc3)nc2)c2c3cn[nH]c3nn2c1.COc1ccc(CN2C3CC2CN(c2ccc(-c4cc(OCCF)cn5nc6[nH]ncc6c45)cn2)C3)cn1.COc1ccc(CN2C3CC2CN(c2ccc(-c4cc(OCCOCC5CC5)cn5nc6[nH]ncc6c45)cn2)C3)cn1. The van der Waals surface area contributed by atoms with Gasteiger partial charge in [-0.25, -0.2) is 47.8 Å². The van der Waals surface area contributed by atoms with Gasteiger partial charge in [0, 0.05) is 191 Å². The van der Waals surface area contributed by atoms with Gasteiger partial charge in [0.1, 0.15) is 54.6 Å². The molecule has 6 atom stereocenters. The monoisotopic (exact) mass is 1580 g/mol. The highest BCUT2D eigenvalue weighted by Gasteiger charge is 2.47. The quantitative estimate of drug-likeness (QED) is 0.0424. The normalized spacial score (nSPS) is 19.6. The van der Waals surface area contributed by atoms with Crippen LogP contribution in [0.2, 0.25) is 0 Å². The van der Waals surface area contributed by atoms with E-state index in [0.717, 1.165) is 178 Å². The van der Waals surface area contributed by atoms with E-state index < -0.39 is 6.67 Å². The predicted octanol–water partition coefficient (Wildman–Crippen LogP) is 11.0. The van der Waals surface area contributed by atoms with Gasteiger partial charge in [-0.1, -0.05) is 18.2 Å². The Morgan fingerprint density at radius 3 is 1.07 bits per heavy atom. The molecule has 32 heteroatoms. The number of anilines is 3. The van der Waals surface area contributed by atoms with Crippen LogP contribution in [-0.2, 0) is 24.4 Å². The van der Waals surface area contributed by atoms with Gasteiger partial charge < -0.3 is 47.9 Å². The summed E-state index contributed by atoms with van der Waals surface area (Å²) in [7, 11) is 4.92. The Labute approximate surface area is 671 Å². The van der Waals surface area contributed by atoms with Crippen molar-refractivity contribution in [3.05, 3.63) is 182 Å². The first-order valence-electron chi connectivity index (χ1n) is 40.1. The molecular weight excluding hydrogens is 1490 g/mol. The van der Waals surface area contributed by atoms with Crippen molar-refractivity contribution in [2.24, 2.45) is 5.92 Å². The lowest BCUT2D eigenvalue weighted by atomic mass is 9.87. The summed E-state index contributed by atoms with van der Waals surface area (Å²) in [6.07, 6.45) is 28.8. The smallest absolute Gasteiger partial charge is 0.212 e. The molecule has 9 aliphatic heterocycles. The molecule has 15 aromatic rings. The van der Waals surface area contributed by atoms with Gasteiger partial charge in [-0.3, -0.25) is 30.0 Å². The van der Waals surface area contributed by atoms with Crippen LogP contribution in [-0.4, -0.2) is 241 Å². The van der Waals surface area contributed by atoms with Crippen LogP contribution in [0.5, 0.6) is 34.9 Å². The third kappa shape index (κ3) is 14.6. The highest BCUT2D eigenvalue weighted by molar-refractivity contribution is 6.03. The number of pyridine rings is 9. The molecule has 6 bridgehead atoms. The average Bonchev–Trinajstić information content (AvgIpc) is 1.74. The van der Waals surface area contributed by atoms with Crippen molar-refractivity contribution >= 4 is 67.1 Å². The van der Waals surface area contributed by atoms with E-state index in [1.807, 2.05) is 102 Å². The summed E-state index contributed by atoms with van der Waals surface area (Å²) >= 11 is 0. The van der Waals surface area contributed by atoms with Gasteiger partial charge >= 0.3 is 0 Å². The van der Waals surface area contributed by atoms with Crippen LogP contribution < -0.4 is 43.1 Å². The molecule has 0 amide bonds. The van der Waals surface area contributed by atoms with E-state index >= 15 is 0 Å². The van der Waals surface area contributed by atoms with Crippen molar-refractivity contribution in [1.29, 1.82) is 0 Å². The largest absolute Gasteiger partial charge is 0.492 e. The topological polar surface area (TPSA) is 299 Å². The highest BCUT2D eigenvalue weighted by Crippen LogP contribution is 2.43. The summed E-state index contributed by atoms with van der Waals surface area (Å²) in [6, 6.07) is 34.0. The molecule has 0 aromatic carbocycles. The van der Waals surface area contributed by atoms with E-state index in [0.29, 0.717) is 85.1 Å². The first kappa shape index (κ1) is 73.3. The second-order valence-corrected chi connectivity index (χ2v) is 31.1. The number of nitrogens with zero attached hydrogens (tertiary/aromatic N) is 21. The molecule has 24 heterocycles. The maximum Gasteiger partial charge on any atom is 0.212 e. The van der Waals surface area contributed by atoms with Crippen LogP contribution in [0.15, 0.2) is 165 Å². The number of aromatic nitrogens is 18. The number of hydrogen-bond acceptors (Lipinski definition) is 25. The van der Waals surface area contributed by atoms with E-state index in [1.54, 1.807) is 38.2 Å². The van der Waals surface area contributed by atoms with Crippen molar-refractivity contribution in [2.45, 2.75) is 94.9 Å². The molecule has 117 heavy (non-hydrogen) atoms. The molecule has 31 nitrogen and oxygen atoms in total. The molecule has 10 fully saturated rings. The van der Waals surface area contributed by atoms with Gasteiger partial charge in [0.2, 0.25) is 17.6 Å². The molecule has 9 saturated heterocycles. The Hall–Kier alpha value is -12.7. The number of halogens is 1. The molecule has 598 valence electrons. The molecular formula is C85H89FN24O7. The summed E-state index contributed by atoms with van der Waals surface area (Å²) in [5.74, 6) is 7.76. The molecule has 1 saturated carbocycles. The van der Waals surface area contributed by atoms with Crippen LogP contribution in [0.3, 0.4) is 0 Å². The van der Waals surface area contributed by atoms with Crippen molar-refractivity contribution < 1.29 is 37.5 Å². The Bertz CT molecular complexity index is 5960. The van der Waals surface area contributed by atoms with Crippen molar-refractivity contribution in [1.82, 2.24) is 104 Å². The highest BCUT2D eigenvalue weighted by atomic mass is 19.1. The van der Waals surface area contributed by atoms with E-state index in [9.17, 15) is 4.39 Å². The molecule has 15 aromatic heterocycles. The number of H-pyrrole nitrogens is 3. The van der Waals surface area contributed by atoms with Crippen LogP contribution in [0.25, 0.3) is 83.0 Å². The lowest BCUT2D eigenvalue weighted by molar-refractivity contribution is -0.00879. The van der Waals surface area contributed by atoms with Crippen molar-refractivity contribution in [2.75, 3.05) is 115 Å². The number of ether oxygens (including phenoxy) is 7. The summed E-state index contributed by atoms with van der Waals surface area (Å²) < 4.78 is 57.1.